The van der Waals surface area contributed by atoms with E-state index in [1.54, 1.807) is 6.07 Å². The molecule has 0 spiro atoms. The summed E-state index contributed by atoms with van der Waals surface area (Å²) in [5, 5.41) is 3.53. The SMILES string of the molecule is Cc1ccc(Nc2c(-c3cccc(F)c3)nc3n2C(C)(C)CN(C(=O)CC(C)(C)S)C3)cc1. The van der Waals surface area contributed by atoms with Crippen molar-refractivity contribution in [3.8, 4) is 11.3 Å². The number of aryl methyl sites for hydroxylation is 1. The van der Waals surface area contributed by atoms with Gasteiger partial charge in [-0.05, 0) is 45.0 Å². The van der Waals surface area contributed by atoms with Crippen LogP contribution in [0.4, 0.5) is 15.9 Å². The normalized spacial score (nSPS) is 15.3. The fourth-order valence-electron chi connectivity index (χ4n) is 4.37. The Morgan fingerprint density at radius 1 is 1.21 bits per heavy atom. The Balaban J connectivity index is 1.81. The minimum absolute atomic E-state index is 0.0534. The molecule has 1 aliphatic heterocycles. The molecule has 3 aromatic rings. The number of carbonyl (C=O) groups is 1. The Morgan fingerprint density at radius 3 is 2.55 bits per heavy atom. The molecule has 2 heterocycles. The van der Waals surface area contributed by atoms with Crippen molar-refractivity contribution in [3.63, 3.8) is 0 Å². The highest BCUT2D eigenvalue weighted by Crippen LogP contribution is 2.39. The Bertz CT molecular complexity index is 1180. The lowest BCUT2D eigenvalue weighted by atomic mass is 9.99. The van der Waals surface area contributed by atoms with E-state index in [-0.39, 0.29) is 16.5 Å². The van der Waals surface area contributed by atoms with Gasteiger partial charge in [0.15, 0.2) is 0 Å². The summed E-state index contributed by atoms with van der Waals surface area (Å²) in [7, 11) is 0. The zero-order chi connectivity index (χ0) is 24.0. The molecule has 174 valence electrons. The smallest absolute Gasteiger partial charge is 0.224 e. The van der Waals surface area contributed by atoms with E-state index in [4.69, 9.17) is 4.98 Å². The monoisotopic (exact) mass is 466 g/mol. The summed E-state index contributed by atoms with van der Waals surface area (Å²) < 4.78 is 15.9. The lowest BCUT2D eigenvalue weighted by molar-refractivity contribution is -0.134. The maximum atomic E-state index is 14.1. The van der Waals surface area contributed by atoms with Gasteiger partial charge in [0, 0.05) is 29.0 Å². The maximum Gasteiger partial charge on any atom is 0.224 e. The van der Waals surface area contributed by atoms with Gasteiger partial charge in [-0.15, -0.1) is 0 Å². The molecule has 2 aromatic carbocycles. The Labute approximate surface area is 200 Å². The van der Waals surface area contributed by atoms with Crippen molar-refractivity contribution in [1.29, 1.82) is 0 Å². The summed E-state index contributed by atoms with van der Waals surface area (Å²) >= 11 is 4.54. The van der Waals surface area contributed by atoms with Gasteiger partial charge in [-0.2, -0.15) is 12.6 Å². The number of rotatable bonds is 5. The number of nitrogens with one attached hydrogen (secondary N) is 1. The molecule has 1 aliphatic rings. The van der Waals surface area contributed by atoms with Crippen LogP contribution in [0.5, 0.6) is 0 Å². The predicted molar refractivity (Wildman–Crippen MR) is 135 cm³/mol. The van der Waals surface area contributed by atoms with E-state index >= 15 is 0 Å². The number of anilines is 2. The van der Waals surface area contributed by atoms with Gasteiger partial charge in [-0.3, -0.25) is 4.79 Å². The zero-order valence-corrected chi connectivity index (χ0v) is 20.7. The molecule has 5 nitrogen and oxygen atoms in total. The molecule has 7 heteroatoms. The number of fused-ring (bicyclic) bond motifs is 1. The first-order valence-electron chi connectivity index (χ1n) is 11.1. The molecule has 0 aliphatic carbocycles. The van der Waals surface area contributed by atoms with Crippen LogP contribution in [0, 0.1) is 12.7 Å². The number of hydrogen-bond acceptors (Lipinski definition) is 4. The van der Waals surface area contributed by atoms with Gasteiger partial charge >= 0.3 is 0 Å². The summed E-state index contributed by atoms with van der Waals surface area (Å²) in [5.41, 5.74) is 3.03. The average molecular weight is 467 g/mol. The number of carbonyl (C=O) groups excluding carboxylic acids is 1. The second-order valence-electron chi connectivity index (χ2n) is 10.1. The lowest BCUT2D eigenvalue weighted by Crippen LogP contribution is -2.50. The number of benzene rings is 2. The number of nitrogens with zero attached hydrogens (tertiary/aromatic N) is 3. The van der Waals surface area contributed by atoms with Crippen LogP contribution < -0.4 is 5.32 Å². The number of hydrogen-bond donors (Lipinski definition) is 2. The van der Waals surface area contributed by atoms with Crippen LogP contribution in [-0.4, -0.2) is 31.6 Å². The van der Waals surface area contributed by atoms with Crippen molar-refractivity contribution in [2.24, 2.45) is 0 Å². The van der Waals surface area contributed by atoms with E-state index in [9.17, 15) is 9.18 Å². The first-order chi connectivity index (χ1) is 15.4. The van der Waals surface area contributed by atoms with Crippen molar-refractivity contribution in [2.45, 2.75) is 57.9 Å². The Morgan fingerprint density at radius 2 is 1.91 bits per heavy atom. The van der Waals surface area contributed by atoms with Gasteiger partial charge in [0.25, 0.3) is 0 Å². The quantitative estimate of drug-likeness (QED) is 0.459. The standard InChI is InChI=1S/C26H31FN4OS/c1-17-9-11-20(12-10-17)28-24-23(18-7-6-8-19(27)13-18)29-21-15-30(16-25(2,3)31(21)24)22(32)14-26(4,5)33/h6-13,28,33H,14-16H2,1-5H3. The number of amides is 1. The third-order valence-electron chi connectivity index (χ3n) is 5.81. The number of halogens is 1. The molecule has 1 amide bonds. The average Bonchev–Trinajstić information content (AvgIpc) is 3.07. The van der Waals surface area contributed by atoms with Gasteiger partial charge in [0.2, 0.25) is 5.91 Å². The summed E-state index contributed by atoms with van der Waals surface area (Å²) in [6, 6.07) is 14.6. The summed E-state index contributed by atoms with van der Waals surface area (Å²) in [5.74, 6) is 1.31. The van der Waals surface area contributed by atoms with Gasteiger partial charge in [0.1, 0.15) is 23.2 Å². The molecule has 4 rings (SSSR count). The van der Waals surface area contributed by atoms with Crippen molar-refractivity contribution in [2.75, 3.05) is 11.9 Å². The van der Waals surface area contributed by atoms with Crippen LogP contribution in [0.3, 0.4) is 0 Å². The van der Waals surface area contributed by atoms with Crippen molar-refractivity contribution in [1.82, 2.24) is 14.5 Å². The Hall–Kier alpha value is -2.80. The van der Waals surface area contributed by atoms with Crippen LogP contribution in [0.1, 0.15) is 45.5 Å². The van der Waals surface area contributed by atoms with E-state index in [1.807, 2.05) is 56.0 Å². The summed E-state index contributed by atoms with van der Waals surface area (Å²) in [4.78, 5) is 19.8. The molecule has 0 bridgehead atoms. The van der Waals surface area contributed by atoms with Crippen molar-refractivity contribution in [3.05, 3.63) is 65.7 Å². The number of thiol groups is 1. The maximum absolute atomic E-state index is 14.1. The third-order valence-corrected chi connectivity index (χ3v) is 5.97. The first kappa shape index (κ1) is 23.4. The van der Waals surface area contributed by atoms with E-state index in [2.05, 4.69) is 36.4 Å². The lowest BCUT2D eigenvalue weighted by Gasteiger charge is -2.41. The van der Waals surface area contributed by atoms with Gasteiger partial charge < -0.3 is 14.8 Å². The molecule has 1 N–H and O–H groups in total. The van der Waals surface area contributed by atoms with E-state index in [1.165, 1.54) is 17.7 Å². The molecule has 33 heavy (non-hydrogen) atoms. The second-order valence-corrected chi connectivity index (χ2v) is 11.3. The third kappa shape index (κ3) is 5.08. The summed E-state index contributed by atoms with van der Waals surface area (Å²) in [6.45, 7) is 11.1. The molecule has 0 radical (unpaired) electrons. The van der Waals surface area contributed by atoms with Crippen molar-refractivity contribution < 1.29 is 9.18 Å². The highest BCUT2D eigenvalue weighted by molar-refractivity contribution is 7.81. The minimum Gasteiger partial charge on any atom is -0.340 e. The topological polar surface area (TPSA) is 50.2 Å². The van der Waals surface area contributed by atoms with Gasteiger partial charge in [-0.25, -0.2) is 9.37 Å². The van der Waals surface area contributed by atoms with Crippen LogP contribution in [0.15, 0.2) is 48.5 Å². The second kappa shape index (κ2) is 8.52. The van der Waals surface area contributed by atoms with E-state index < -0.39 is 5.54 Å². The minimum atomic E-state index is -0.421. The Kier molecular flexibility index (Phi) is 6.03. The van der Waals surface area contributed by atoms with Gasteiger partial charge in [0.05, 0.1) is 12.1 Å². The molecule has 0 saturated carbocycles. The number of aromatic nitrogens is 2. The highest BCUT2D eigenvalue weighted by atomic mass is 32.1. The van der Waals surface area contributed by atoms with Gasteiger partial charge in [-0.1, -0.05) is 43.7 Å². The zero-order valence-electron chi connectivity index (χ0n) is 19.8. The predicted octanol–water partition coefficient (Wildman–Crippen LogP) is 5.92. The largest absolute Gasteiger partial charge is 0.340 e. The van der Waals surface area contributed by atoms with Crippen LogP contribution in [0.25, 0.3) is 11.3 Å². The van der Waals surface area contributed by atoms with Crippen LogP contribution in [-0.2, 0) is 16.9 Å². The molecular weight excluding hydrogens is 435 g/mol. The summed E-state index contributed by atoms with van der Waals surface area (Å²) in [6.07, 6.45) is 0.345. The van der Waals surface area contributed by atoms with E-state index in [0.29, 0.717) is 30.8 Å². The molecule has 1 aromatic heterocycles. The fourth-order valence-corrected chi connectivity index (χ4v) is 4.51. The molecule has 0 saturated heterocycles. The van der Waals surface area contributed by atoms with Crippen molar-refractivity contribution >= 4 is 30.0 Å². The van der Waals surface area contributed by atoms with E-state index in [0.717, 1.165) is 17.3 Å². The van der Waals surface area contributed by atoms with Crippen LogP contribution in [0.2, 0.25) is 0 Å². The fraction of sp³-hybridized carbons (Fsp3) is 0.385. The first-order valence-corrected chi connectivity index (χ1v) is 11.6. The molecule has 0 unspecified atom stereocenters. The van der Waals surface area contributed by atoms with Crippen LogP contribution >= 0.6 is 12.6 Å². The highest BCUT2D eigenvalue weighted by Gasteiger charge is 2.38. The molecular formula is C26H31FN4OS. The molecule has 0 atom stereocenters. The number of imidazole rings is 1. The molecule has 0 fully saturated rings.